The van der Waals surface area contributed by atoms with Crippen LogP contribution in [0.3, 0.4) is 0 Å². The van der Waals surface area contributed by atoms with E-state index in [0.29, 0.717) is 19.7 Å². The number of carbonyl (C=O) groups is 1. The van der Waals surface area contributed by atoms with Crippen molar-refractivity contribution in [2.45, 2.75) is 32.7 Å². The molecule has 5 nitrogen and oxygen atoms in total. The molecule has 0 radical (unpaired) electrons. The van der Waals surface area contributed by atoms with Gasteiger partial charge >= 0.3 is 6.03 Å². The first-order chi connectivity index (χ1) is 6.53. The van der Waals surface area contributed by atoms with E-state index in [4.69, 9.17) is 9.47 Å². The Kier molecular flexibility index (Phi) is 3.71. The summed E-state index contributed by atoms with van der Waals surface area (Å²) in [6.45, 7) is 7.23. The smallest absolute Gasteiger partial charge is 0.314 e. The second-order valence-corrected chi connectivity index (χ2v) is 3.69. The number of hydrogen-bond acceptors (Lipinski definition) is 3. The zero-order valence-corrected chi connectivity index (χ0v) is 8.92. The number of rotatable bonds is 3. The fraction of sp³-hybridized carbons (Fsp3) is 0.889. The average Bonchev–Trinajstić information content (AvgIpc) is 2.43. The lowest BCUT2D eigenvalue weighted by atomic mass is 10.4. The van der Waals surface area contributed by atoms with Gasteiger partial charge in [0.25, 0.3) is 0 Å². The van der Waals surface area contributed by atoms with Crippen LogP contribution in [0.4, 0.5) is 4.79 Å². The van der Waals surface area contributed by atoms with Gasteiger partial charge in [0.1, 0.15) is 6.10 Å². The van der Waals surface area contributed by atoms with Crippen molar-refractivity contribution in [3.05, 3.63) is 0 Å². The number of urea groups is 1. The van der Waals surface area contributed by atoms with E-state index in [1.54, 1.807) is 0 Å². The second kappa shape index (κ2) is 4.61. The molecule has 82 valence electrons. The third kappa shape index (κ3) is 3.51. The van der Waals surface area contributed by atoms with Crippen LogP contribution >= 0.6 is 0 Å². The van der Waals surface area contributed by atoms with Crippen molar-refractivity contribution >= 4 is 6.03 Å². The number of amides is 2. The standard InChI is InChI=1S/C9H18N2O3/c1-4-10-8(12)11-5-7-6-13-9(2,3)14-7/h7H,4-6H2,1-3H3,(H2,10,11,12). The van der Waals surface area contributed by atoms with E-state index in [-0.39, 0.29) is 12.1 Å². The molecule has 1 atom stereocenters. The van der Waals surface area contributed by atoms with Crippen molar-refractivity contribution in [3.8, 4) is 0 Å². The van der Waals surface area contributed by atoms with Crippen molar-refractivity contribution < 1.29 is 14.3 Å². The summed E-state index contributed by atoms with van der Waals surface area (Å²) in [6, 6.07) is -0.166. The Bertz CT molecular complexity index is 206. The average molecular weight is 202 g/mol. The molecule has 0 bridgehead atoms. The first-order valence-corrected chi connectivity index (χ1v) is 4.87. The highest BCUT2D eigenvalue weighted by molar-refractivity contribution is 5.73. The number of ether oxygens (including phenoxy) is 2. The molecule has 2 amide bonds. The quantitative estimate of drug-likeness (QED) is 0.699. The Balaban J connectivity index is 2.17. The van der Waals surface area contributed by atoms with Crippen LogP contribution in [-0.2, 0) is 9.47 Å². The van der Waals surface area contributed by atoms with Gasteiger partial charge in [0.2, 0.25) is 0 Å². The van der Waals surface area contributed by atoms with E-state index in [2.05, 4.69) is 10.6 Å². The monoisotopic (exact) mass is 202 g/mol. The van der Waals surface area contributed by atoms with Gasteiger partial charge in [-0.15, -0.1) is 0 Å². The van der Waals surface area contributed by atoms with Gasteiger partial charge in [0.15, 0.2) is 5.79 Å². The van der Waals surface area contributed by atoms with Gasteiger partial charge in [-0.1, -0.05) is 0 Å². The lowest BCUT2D eigenvalue weighted by molar-refractivity contribution is -0.137. The minimum Gasteiger partial charge on any atom is -0.348 e. The fourth-order valence-corrected chi connectivity index (χ4v) is 1.29. The summed E-state index contributed by atoms with van der Waals surface area (Å²) in [5.41, 5.74) is 0. The van der Waals surface area contributed by atoms with E-state index in [9.17, 15) is 4.79 Å². The predicted octanol–water partition coefficient (Wildman–Crippen LogP) is 0.457. The highest BCUT2D eigenvalue weighted by atomic mass is 16.7. The molecule has 1 aliphatic heterocycles. The number of nitrogens with one attached hydrogen (secondary N) is 2. The molecule has 1 heterocycles. The Labute approximate surface area is 84.1 Å². The van der Waals surface area contributed by atoms with E-state index in [0.717, 1.165) is 0 Å². The summed E-state index contributed by atoms with van der Waals surface area (Å²) < 4.78 is 10.9. The minimum atomic E-state index is -0.520. The van der Waals surface area contributed by atoms with Gasteiger partial charge in [0, 0.05) is 13.1 Å². The van der Waals surface area contributed by atoms with Crippen LogP contribution < -0.4 is 10.6 Å². The van der Waals surface area contributed by atoms with Gasteiger partial charge in [-0.05, 0) is 20.8 Å². The van der Waals surface area contributed by atoms with Crippen molar-refractivity contribution in [1.29, 1.82) is 0 Å². The van der Waals surface area contributed by atoms with Crippen molar-refractivity contribution in [3.63, 3.8) is 0 Å². The maximum Gasteiger partial charge on any atom is 0.314 e. The normalized spacial score (nSPS) is 24.6. The second-order valence-electron chi connectivity index (χ2n) is 3.69. The largest absolute Gasteiger partial charge is 0.348 e. The molecule has 5 heteroatoms. The van der Waals surface area contributed by atoms with Crippen LogP contribution in [0, 0.1) is 0 Å². The van der Waals surface area contributed by atoms with E-state index >= 15 is 0 Å². The molecule has 0 aliphatic carbocycles. The summed E-state index contributed by atoms with van der Waals surface area (Å²) in [7, 11) is 0. The lowest BCUT2D eigenvalue weighted by Crippen LogP contribution is -2.40. The van der Waals surface area contributed by atoms with E-state index < -0.39 is 5.79 Å². The molecule has 0 aromatic rings. The van der Waals surface area contributed by atoms with Crippen molar-refractivity contribution in [2.24, 2.45) is 0 Å². The van der Waals surface area contributed by atoms with Crippen molar-refractivity contribution in [2.75, 3.05) is 19.7 Å². The van der Waals surface area contributed by atoms with Gasteiger partial charge in [-0.25, -0.2) is 4.79 Å². The summed E-state index contributed by atoms with van der Waals surface area (Å²) >= 11 is 0. The lowest BCUT2D eigenvalue weighted by Gasteiger charge is -2.17. The Hall–Kier alpha value is -0.810. The summed E-state index contributed by atoms with van der Waals surface area (Å²) in [5.74, 6) is -0.520. The van der Waals surface area contributed by atoms with Crippen LogP contribution in [-0.4, -0.2) is 37.6 Å². The van der Waals surface area contributed by atoms with Crippen LogP contribution in [0.2, 0.25) is 0 Å². The van der Waals surface area contributed by atoms with Crippen molar-refractivity contribution in [1.82, 2.24) is 10.6 Å². The summed E-state index contributed by atoms with van der Waals surface area (Å²) in [4.78, 5) is 11.0. The van der Waals surface area contributed by atoms with Crippen LogP contribution in [0.5, 0.6) is 0 Å². The Morgan fingerprint density at radius 1 is 1.50 bits per heavy atom. The zero-order valence-electron chi connectivity index (χ0n) is 8.92. The zero-order chi connectivity index (χ0) is 10.6. The molecule has 1 fully saturated rings. The molecule has 1 saturated heterocycles. The van der Waals surface area contributed by atoms with Crippen LogP contribution in [0.15, 0.2) is 0 Å². The topological polar surface area (TPSA) is 59.6 Å². The highest BCUT2D eigenvalue weighted by Gasteiger charge is 2.32. The molecule has 1 rings (SSSR count). The molecule has 14 heavy (non-hydrogen) atoms. The van der Waals surface area contributed by atoms with Gasteiger partial charge < -0.3 is 20.1 Å². The molecule has 0 saturated carbocycles. The highest BCUT2D eigenvalue weighted by Crippen LogP contribution is 2.21. The first-order valence-electron chi connectivity index (χ1n) is 4.87. The number of carbonyl (C=O) groups excluding carboxylic acids is 1. The third-order valence-electron chi connectivity index (χ3n) is 1.89. The fourth-order valence-electron chi connectivity index (χ4n) is 1.29. The first kappa shape index (κ1) is 11.3. The summed E-state index contributed by atoms with van der Waals surface area (Å²) in [6.07, 6.45) is -0.0485. The van der Waals surface area contributed by atoms with Gasteiger partial charge in [0.05, 0.1) is 6.61 Å². The SMILES string of the molecule is CCNC(=O)NCC1COC(C)(C)O1. The van der Waals surface area contributed by atoms with Gasteiger partial charge in [-0.3, -0.25) is 0 Å². The molecule has 1 unspecified atom stereocenters. The maximum absolute atomic E-state index is 11.0. The molecule has 0 aromatic carbocycles. The molecule has 0 aromatic heterocycles. The predicted molar refractivity (Wildman–Crippen MR) is 52.0 cm³/mol. The van der Waals surface area contributed by atoms with Crippen LogP contribution in [0.1, 0.15) is 20.8 Å². The van der Waals surface area contributed by atoms with Crippen LogP contribution in [0.25, 0.3) is 0 Å². The van der Waals surface area contributed by atoms with E-state index in [1.165, 1.54) is 0 Å². The molecule has 0 spiro atoms. The van der Waals surface area contributed by atoms with Gasteiger partial charge in [-0.2, -0.15) is 0 Å². The third-order valence-corrected chi connectivity index (χ3v) is 1.89. The molecule has 2 N–H and O–H groups in total. The Morgan fingerprint density at radius 2 is 2.21 bits per heavy atom. The Morgan fingerprint density at radius 3 is 2.71 bits per heavy atom. The minimum absolute atomic E-state index is 0.0485. The van der Waals surface area contributed by atoms with E-state index in [1.807, 2.05) is 20.8 Å². The summed E-state index contributed by atoms with van der Waals surface area (Å²) in [5, 5.41) is 5.35. The maximum atomic E-state index is 11.0. The molecular weight excluding hydrogens is 184 g/mol. The molecular formula is C9H18N2O3. The number of hydrogen-bond donors (Lipinski definition) is 2. The molecule has 1 aliphatic rings.